The second-order valence-electron chi connectivity index (χ2n) is 4.57. The number of urea groups is 1. The number of nitro benzene ring substituents is 1. The number of esters is 1. The van der Waals surface area contributed by atoms with Crippen molar-refractivity contribution < 1.29 is 24.4 Å². The SMILES string of the molecule is COC(=O)C1=C(C)NC(=O)N[C@H]1c1ccc(O)c([N+](=O)[O-])c1. The number of carbonyl (C=O) groups excluding carboxylic acids is 2. The van der Waals surface area contributed by atoms with Crippen molar-refractivity contribution in [2.24, 2.45) is 0 Å². The van der Waals surface area contributed by atoms with E-state index in [4.69, 9.17) is 0 Å². The number of nitrogens with zero attached hydrogens (tertiary/aromatic N) is 1. The number of carbonyl (C=O) groups is 2. The van der Waals surface area contributed by atoms with Gasteiger partial charge in [0, 0.05) is 11.8 Å². The maximum absolute atomic E-state index is 11.9. The predicted octanol–water partition coefficient (Wildman–Crippen LogP) is 1.10. The molecule has 1 heterocycles. The number of methoxy groups -OCH3 is 1. The van der Waals surface area contributed by atoms with Crippen LogP contribution in [0.4, 0.5) is 10.5 Å². The highest BCUT2D eigenvalue weighted by molar-refractivity contribution is 5.95. The van der Waals surface area contributed by atoms with Crippen LogP contribution in [0.15, 0.2) is 29.5 Å². The summed E-state index contributed by atoms with van der Waals surface area (Å²) in [6.45, 7) is 1.52. The van der Waals surface area contributed by atoms with E-state index in [1.54, 1.807) is 0 Å². The summed E-state index contributed by atoms with van der Waals surface area (Å²) in [6, 6.07) is 2.15. The molecule has 1 aromatic carbocycles. The molecule has 9 nitrogen and oxygen atoms in total. The summed E-state index contributed by atoms with van der Waals surface area (Å²) in [7, 11) is 1.19. The highest BCUT2D eigenvalue weighted by Gasteiger charge is 2.33. The summed E-state index contributed by atoms with van der Waals surface area (Å²) in [5.41, 5.74) is 0.171. The lowest BCUT2D eigenvalue weighted by Crippen LogP contribution is -2.45. The van der Waals surface area contributed by atoms with Crippen LogP contribution in [-0.4, -0.2) is 29.1 Å². The van der Waals surface area contributed by atoms with E-state index in [0.29, 0.717) is 0 Å². The van der Waals surface area contributed by atoms with Crippen molar-refractivity contribution >= 4 is 17.7 Å². The number of ether oxygens (including phenoxy) is 1. The number of nitrogens with one attached hydrogen (secondary N) is 2. The van der Waals surface area contributed by atoms with E-state index in [-0.39, 0.29) is 16.8 Å². The third-order valence-corrected chi connectivity index (χ3v) is 3.20. The zero-order valence-electron chi connectivity index (χ0n) is 11.7. The molecule has 2 rings (SSSR count). The van der Waals surface area contributed by atoms with Crippen molar-refractivity contribution in [3.05, 3.63) is 45.1 Å². The fraction of sp³-hybridized carbons (Fsp3) is 0.231. The third kappa shape index (κ3) is 2.68. The van der Waals surface area contributed by atoms with Crippen LogP contribution in [0.1, 0.15) is 18.5 Å². The van der Waals surface area contributed by atoms with Gasteiger partial charge in [-0.15, -0.1) is 0 Å². The molecule has 116 valence electrons. The predicted molar refractivity (Wildman–Crippen MR) is 73.9 cm³/mol. The molecule has 0 bridgehead atoms. The number of phenolic OH excluding ortho intramolecular Hbond substituents is 1. The number of hydrogen-bond donors (Lipinski definition) is 3. The fourth-order valence-corrected chi connectivity index (χ4v) is 2.19. The van der Waals surface area contributed by atoms with Crippen LogP contribution in [0.3, 0.4) is 0 Å². The Bertz CT molecular complexity index is 697. The molecule has 22 heavy (non-hydrogen) atoms. The van der Waals surface area contributed by atoms with Crippen LogP contribution in [0.25, 0.3) is 0 Å². The van der Waals surface area contributed by atoms with Gasteiger partial charge >= 0.3 is 17.7 Å². The fourth-order valence-electron chi connectivity index (χ4n) is 2.19. The van der Waals surface area contributed by atoms with Crippen LogP contribution in [-0.2, 0) is 9.53 Å². The van der Waals surface area contributed by atoms with Gasteiger partial charge in [-0.3, -0.25) is 10.1 Å². The van der Waals surface area contributed by atoms with Gasteiger partial charge in [-0.25, -0.2) is 9.59 Å². The maximum atomic E-state index is 11.9. The minimum Gasteiger partial charge on any atom is -0.502 e. The van der Waals surface area contributed by atoms with Crippen molar-refractivity contribution in [1.82, 2.24) is 10.6 Å². The topological polar surface area (TPSA) is 131 Å². The van der Waals surface area contributed by atoms with E-state index >= 15 is 0 Å². The first kappa shape index (κ1) is 15.3. The standard InChI is InChI=1S/C13H13N3O6/c1-6-10(12(18)22-2)11(15-13(19)14-6)7-3-4-9(17)8(5-7)16(20)21/h3-5,11,17H,1-2H3,(H2,14,15,19)/t11-/m0/s1. The Morgan fingerprint density at radius 2 is 2.14 bits per heavy atom. The zero-order valence-corrected chi connectivity index (χ0v) is 11.7. The van der Waals surface area contributed by atoms with Crippen molar-refractivity contribution in [1.29, 1.82) is 0 Å². The van der Waals surface area contributed by atoms with Crippen LogP contribution in [0.2, 0.25) is 0 Å². The maximum Gasteiger partial charge on any atom is 0.337 e. The van der Waals surface area contributed by atoms with Crippen molar-refractivity contribution in [3.8, 4) is 5.75 Å². The number of aromatic hydroxyl groups is 1. The minimum absolute atomic E-state index is 0.127. The second-order valence-corrected chi connectivity index (χ2v) is 4.57. The molecule has 0 unspecified atom stereocenters. The molecule has 0 spiro atoms. The van der Waals surface area contributed by atoms with E-state index in [0.717, 1.165) is 12.1 Å². The Balaban J connectivity index is 2.55. The van der Waals surface area contributed by atoms with E-state index in [2.05, 4.69) is 15.4 Å². The van der Waals surface area contributed by atoms with Crippen LogP contribution in [0, 0.1) is 10.1 Å². The molecule has 3 N–H and O–H groups in total. The molecule has 0 aromatic heterocycles. The second kappa shape index (κ2) is 5.72. The monoisotopic (exact) mass is 307 g/mol. The van der Waals surface area contributed by atoms with Crippen LogP contribution in [0.5, 0.6) is 5.75 Å². The summed E-state index contributed by atoms with van der Waals surface area (Å²) >= 11 is 0. The van der Waals surface area contributed by atoms with Crippen LogP contribution >= 0.6 is 0 Å². The molecule has 9 heteroatoms. The molecular formula is C13H13N3O6. The molecular weight excluding hydrogens is 294 g/mol. The van der Waals surface area contributed by atoms with E-state index in [9.17, 15) is 24.8 Å². The van der Waals surface area contributed by atoms with Crippen molar-refractivity contribution in [2.75, 3.05) is 7.11 Å². The lowest BCUT2D eigenvalue weighted by molar-refractivity contribution is -0.385. The molecule has 0 aliphatic carbocycles. The van der Waals surface area contributed by atoms with Gasteiger partial charge in [-0.2, -0.15) is 0 Å². The lowest BCUT2D eigenvalue weighted by Gasteiger charge is -2.27. The number of hydrogen-bond acceptors (Lipinski definition) is 6. The first-order chi connectivity index (χ1) is 10.3. The smallest absolute Gasteiger partial charge is 0.337 e. The van der Waals surface area contributed by atoms with Gasteiger partial charge < -0.3 is 20.5 Å². The van der Waals surface area contributed by atoms with Gasteiger partial charge in [0.05, 0.1) is 23.6 Å². The summed E-state index contributed by atoms with van der Waals surface area (Å²) in [5, 5.41) is 25.3. The van der Waals surface area contributed by atoms with Gasteiger partial charge in [0.15, 0.2) is 5.75 Å². The van der Waals surface area contributed by atoms with E-state index in [1.807, 2.05) is 0 Å². The molecule has 1 atom stereocenters. The molecule has 0 saturated carbocycles. The number of benzene rings is 1. The molecule has 1 aromatic rings. The average Bonchev–Trinajstić information content (AvgIpc) is 2.46. The summed E-state index contributed by atoms with van der Waals surface area (Å²) in [6.07, 6.45) is 0. The Morgan fingerprint density at radius 1 is 1.45 bits per heavy atom. The largest absolute Gasteiger partial charge is 0.502 e. The van der Waals surface area contributed by atoms with Crippen molar-refractivity contribution in [2.45, 2.75) is 13.0 Å². The van der Waals surface area contributed by atoms with Gasteiger partial charge in [-0.1, -0.05) is 6.07 Å². The summed E-state index contributed by atoms with van der Waals surface area (Å²) in [4.78, 5) is 33.7. The summed E-state index contributed by atoms with van der Waals surface area (Å²) < 4.78 is 4.68. The number of phenols is 1. The van der Waals surface area contributed by atoms with E-state index in [1.165, 1.54) is 20.1 Å². The van der Waals surface area contributed by atoms with Gasteiger partial charge in [0.1, 0.15) is 0 Å². The number of amides is 2. The number of allylic oxidation sites excluding steroid dienone is 1. The molecule has 2 amide bonds. The first-order valence-electron chi connectivity index (χ1n) is 6.19. The van der Waals surface area contributed by atoms with Gasteiger partial charge in [0.25, 0.3) is 0 Å². The molecule has 1 aliphatic rings. The van der Waals surface area contributed by atoms with Crippen LogP contribution < -0.4 is 10.6 Å². The zero-order chi connectivity index (χ0) is 16.4. The normalized spacial score (nSPS) is 17.5. The minimum atomic E-state index is -0.916. The molecule has 0 saturated heterocycles. The van der Waals surface area contributed by atoms with Gasteiger partial charge in [0.2, 0.25) is 0 Å². The van der Waals surface area contributed by atoms with Gasteiger partial charge in [-0.05, 0) is 18.6 Å². The van der Waals surface area contributed by atoms with E-state index < -0.39 is 34.4 Å². The Hall–Kier alpha value is -3.10. The Morgan fingerprint density at radius 3 is 2.73 bits per heavy atom. The molecule has 0 fully saturated rings. The average molecular weight is 307 g/mol. The van der Waals surface area contributed by atoms with Crippen molar-refractivity contribution in [3.63, 3.8) is 0 Å². The first-order valence-corrected chi connectivity index (χ1v) is 6.19. The highest BCUT2D eigenvalue weighted by atomic mass is 16.6. The highest BCUT2D eigenvalue weighted by Crippen LogP contribution is 2.33. The molecule has 1 aliphatic heterocycles. The quantitative estimate of drug-likeness (QED) is 0.435. The Labute approximate surface area is 124 Å². The summed E-state index contributed by atoms with van der Waals surface area (Å²) in [5.74, 6) is -1.18. The lowest BCUT2D eigenvalue weighted by atomic mass is 9.95. The number of rotatable bonds is 3. The molecule has 0 radical (unpaired) electrons. The third-order valence-electron chi connectivity index (χ3n) is 3.20. The Kier molecular flexibility index (Phi) is 3.97. The number of nitro groups is 1.